The van der Waals surface area contributed by atoms with Crippen LogP contribution in [0, 0.1) is 0 Å². The lowest BCUT2D eigenvalue weighted by Crippen LogP contribution is -2.32. The number of carbonyl (C=O) groups excluding carboxylic acids is 1. The fraction of sp³-hybridized carbons (Fsp3) is 0.348. The molecule has 1 atom stereocenters. The number of para-hydroxylation sites is 1. The minimum absolute atomic E-state index is 0.0489. The summed E-state index contributed by atoms with van der Waals surface area (Å²) in [4.78, 5) is 18.2. The van der Waals surface area contributed by atoms with E-state index in [0.29, 0.717) is 18.0 Å². The van der Waals surface area contributed by atoms with Crippen LogP contribution in [0.1, 0.15) is 36.0 Å². The molecule has 0 aliphatic heterocycles. The van der Waals surface area contributed by atoms with E-state index >= 15 is 0 Å². The van der Waals surface area contributed by atoms with Crippen molar-refractivity contribution < 1.29 is 4.79 Å². The molecular weight excluding hydrogens is 370 g/mol. The average molecular weight is 398 g/mol. The van der Waals surface area contributed by atoms with Crippen molar-refractivity contribution >= 4 is 28.4 Å². The summed E-state index contributed by atoms with van der Waals surface area (Å²) in [5, 5.41) is 4.89. The van der Waals surface area contributed by atoms with E-state index in [9.17, 15) is 4.79 Å². The largest absolute Gasteiger partial charge is 0.361 e. The number of nitrogens with one attached hydrogen (secondary N) is 2. The van der Waals surface area contributed by atoms with Gasteiger partial charge in [-0.1, -0.05) is 48.9 Å². The Bertz CT molecular complexity index is 948. The van der Waals surface area contributed by atoms with E-state index in [2.05, 4.69) is 40.3 Å². The van der Waals surface area contributed by atoms with Gasteiger partial charge in [0.25, 0.3) is 0 Å². The fourth-order valence-electron chi connectivity index (χ4n) is 3.63. The molecule has 3 rings (SSSR count). The molecule has 1 aromatic heterocycles. The lowest BCUT2D eigenvalue weighted by molar-refractivity contribution is -0.121. The molecule has 2 aromatic carbocycles. The van der Waals surface area contributed by atoms with Crippen molar-refractivity contribution in [3.63, 3.8) is 0 Å². The van der Waals surface area contributed by atoms with Crippen molar-refractivity contribution in [2.75, 3.05) is 27.2 Å². The van der Waals surface area contributed by atoms with Gasteiger partial charge in [0, 0.05) is 47.6 Å². The summed E-state index contributed by atoms with van der Waals surface area (Å²) in [5.74, 6) is -0.00765. The number of aromatic nitrogens is 1. The molecule has 3 aromatic rings. The van der Waals surface area contributed by atoms with Crippen LogP contribution in [-0.2, 0) is 11.2 Å². The molecular formula is C23H28ClN3O. The second kappa shape index (κ2) is 9.26. The van der Waals surface area contributed by atoms with E-state index in [-0.39, 0.29) is 11.8 Å². The first-order valence-corrected chi connectivity index (χ1v) is 10.1. The molecule has 148 valence electrons. The maximum absolute atomic E-state index is 12.7. The van der Waals surface area contributed by atoms with Gasteiger partial charge in [-0.25, -0.2) is 0 Å². The smallest absolute Gasteiger partial charge is 0.220 e. The number of H-pyrrole nitrogens is 1. The van der Waals surface area contributed by atoms with Crippen molar-refractivity contribution in [2.24, 2.45) is 0 Å². The third-order valence-electron chi connectivity index (χ3n) is 5.11. The van der Waals surface area contributed by atoms with Crippen molar-refractivity contribution in [3.8, 4) is 0 Å². The van der Waals surface area contributed by atoms with Gasteiger partial charge < -0.3 is 15.2 Å². The molecule has 0 bridgehead atoms. The summed E-state index contributed by atoms with van der Waals surface area (Å²) in [7, 11) is 4.00. The molecule has 1 unspecified atom stereocenters. The Morgan fingerprint density at radius 2 is 2.00 bits per heavy atom. The highest BCUT2D eigenvalue weighted by atomic mass is 35.5. The first-order chi connectivity index (χ1) is 13.5. The molecule has 0 saturated carbocycles. The number of hydrogen-bond donors (Lipinski definition) is 2. The van der Waals surface area contributed by atoms with E-state index in [1.807, 2.05) is 44.6 Å². The van der Waals surface area contributed by atoms with Crippen LogP contribution in [0.15, 0.2) is 48.7 Å². The van der Waals surface area contributed by atoms with Gasteiger partial charge in [-0.3, -0.25) is 4.79 Å². The Balaban J connectivity index is 1.94. The molecule has 0 aliphatic rings. The summed E-state index contributed by atoms with van der Waals surface area (Å²) in [6.45, 7) is 3.62. The zero-order valence-corrected chi connectivity index (χ0v) is 17.5. The number of halogens is 1. The zero-order chi connectivity index (χ0) is 20.1. The standard InChI is InChI=1S/C23H28ClN3O/c1-4-16-7-6-10-19-21(15-26-23(16)19)20(17-8-5-9-18(24)13-17)14-22(28)25-11-12-27(2)3/h5-10,13,15,20,26H,4,11-12,14H2,1-3H3,(H,25,28). The number of likely N-dealkylation sites (N-methyl/N-ethyl adjacent to an activating group) is 1. The lowest BCUT2D eigenvalue weighted by Gasteiger charge is -2.18. The minimum Gasteiger partial charge on any atom is -0.361 e. The van der Waals surface area contributed by atoms with Crippen molar-refractivity contribution in [2.45, 2.75) is 25.7 Å². The molecule has 2 N–H and O–H groups in total. The van der Waals surface area contributed by atoms with Gasteiger partial charge in [-0.15, -0.1) is 0 Å². The lowest BCUT2D eigenvalue weighted by atomic mass is 9.87. The second-order valence-electron chi connectivity index (χ2n) is 7.40. The van der Waals surface area contributed by atoms with Crippen molar-refractivity contribution in [1.82, 2.24) is 15.2 Å². The molecule has 0 saturated heterocycles. The van der Waals surface area contributed by atoms with E-state index in [1.165, 1.54) is 10.9 Å². The number of aromatic amines is 1. The molecule has 1 heterocycles. The SMILES string of the molecule is CCc1cccc2c(C(CC(=O)NCCN(C)C)c3cccc(Cl)c3)c[nH]c12. The Hall–Kier alpha value is -2.30. The van der Waals surface area contributed by atoms with Crippen LogP contribution in [-0.4, -0.2) is 43.0 Å². The number of fused-ring (bicyclic) bond motifs is 1. The zero-order valence-electron chi connectivity index (χ0n) is 16.8. The maximum Gasteiger partial charge on any atom is 0.220 e. The van der Waals surface area contributed by atoms with E-state index in [1.54, 1.807) is 0 Å². The third kappa shape index (κ3) is 4.75. The summed E-state index contributed by atoms with van der Waals surface area (Å²) in [5.41, 5.74) is 4.62. The van der Waals surface area contributed by atoms with Gasteiger partial charge in [0.2, 0.25) is 5.91 Å². The predicted molar refractivity (Wildman–Crippen MR) is 117 cm³/mol. The monoisotopic (exact) mass is 397 g/mol. The third-order valence-corrected chi connectivity index (χ3v) is 5.35. The number of aryl methyl sites for hydroxylation is 1. The predicted octanol–water partition coefficient (Wildman–Crippen LogP) is 4.58. The molecule has 0 radical (unpaired) electrons. The summed E-state index contributed by atoms with van der Waals surface area (Å²) in [6, 6.07) is 14.2. The van der Waals surface area contributed by atoms with E-state index in [4.69, 9.17) is 11.6 Å². The van der Waals surface area contributed by atoms with Gasteiger partial charge in [0.05, 0.1) is 0 Å². The van der Waals surface area contributed by atoms with Gasteiger partial charge >= 0.3 is 0 Å². The van der Waals surface area contributed by atoms with E-state index in [0.717, 1.165) is 29.6 Å². The van der Waals surface area contributed by atoms with Crippen LogP contribution in [0.3, 0.4) is 0 Å². The van der Waals surface area contributed by atoms with Crippen LogP contribution in [0.4, 0.5) is 0 Å². The van der Waals surface area contributed by atoms with Crippen LogP contribution in [0.2, 0.25) is 5.02 Å². The molecule has 0 fully saturated rings. The molecule has 4 nitrogen and oxygen atoms in total. The molecule has 1 amide bonds. The molecule has 0 spiro atoms. The number of benzene rings is 2. The Morgan fingerprint density at radius 1 is 1.21 bits per heavy atom. The summed E-state index contributed by atoms with van der Waals surface area (Å²) in [6.07, 6.45) is 3.39. The Morgan fingerprint density at radius 3 is 2.71 bits per heavy atom. The fourth-order valence-corrected chi connectivity index (χ4v) is 3.83. The van der Waals surface area contributed by atoms with Crippen LogP contribution in [0.5, 0.6) is 0 Å². The van der Waals surface area contributed by atoms with Crippen LogP contribution in [0.25, 0.3) is 10.9 Å². The van der Waals surface area contributed by atoms with Crippen molar-refractivity contribution in [3.05, 3.63) is 70.4 Å². The molecule has 5 heteroatoms. The van der Waals surface area contributed by atoms with Gasteiger partial charge in [0.15, 0.2) is 0 Å². The molecule has 28 heavy (non-hydrogen) atoms. The highest BCUT2D eigenvalue weighted by Crippen LogP contribution is 2.35. The van der Waals surface area contributed by atoms with Gasteiger partial charge in [-0.2, -0.15) is 0 Å². The number of carbonyl (C=O) groups is 1. The number of rotatable bonds is 8. The average Bonchev–Trinajstić information content (AvgIpc) is 3.09. The summed E-state index contributed by atoms with van der Waals surface area (Å²) >= 11 is 6.26. The topological polar surface area (TPSA) is 48.1 Å². The normalized spacial score (nSPS) is 12.5. The van der Waals surface area contributed by atoms with Crippen molar-refractivity contribution in [1.29, 1.82) is 0 Å². The van der Waals surface area contributed by atoms with Gasteiger partial charge in [0.1, 0.15) is 0 Å². The highest BCUT2D eigenvalue weighted by Gasteiger charge is 2.22. The van der Waals surface area contributed by atoms with Gasteiger partial charge in [-0.05, 0) is 49.3 Å². The number of amides is 1. The van der Waals surface area contributed by atoms with Crippen LogP contribution < -0.4 is 5.32 Å². The minimum atomic E-state index is -0.0566. The van der Waals surface area contributed by atoms with E-state index < -0.39 is 0 Å². The number of nitrogens with zero attached hydrogens (tertiary/aromatic N) is 1. The summed E-state index contributed by atoms with van der Waals surface area (Å²) < 4.78 is 0. The highest BCUT2D eigenvalue weighted by molar-refractivity contribution is 6.30. The first-order valence-electron chi connectivity index (χ1n) is 9.75. The first kappa shape index (κ1) is 20.4. The quantitative estimate of drug-likeness (QED) is 0.584. The second-order valence-corrected chi connectivity index (χ2v) is 7.84. The maximum atomic E-state index is 12.7. The Kier molecular flexibility index (Phi) is 6.76. The van der Waals surface area contributed by atoms with Crippen LogP contribution >= 0.6 is 11.6 Å². The Labute approximate surface area is 171 Å². The number of hydrogen-bond acceptors (Lipinski definition) is 2. The molecule has 0 aliphatic carbocycles.